The molecule has 0 bridgehead atoms. The van der Waals surface area contributed by atoms with Crippen molar-refractivity contribution in [2.24, 2.45) is 0 Å². The first-order valence-electron chi connectivity index (χ1n) is 4.82. The molecule has 1 N–H and O–H groups in total. The number of aromatic hydroxyl groups is 1. The van der Waals surface area contributed by atoms with Crippen LogP contribution in [0.4, 0.5) is 0 Å². The third kappa shape index (κ3) is 2.98. The van der Waals surface area contributed by atoms with Gasteiger partial charge in [-0.05, 0) is 23.6 Å². The van der Waals surface area contributed by atoms with E-state index in [1.165, 1.54) is 13.0 Å². The molecule has 0 aromatic heterocycles. The third-order valence-electron chi connectivity index (χ3n) is 2.02. The van der Waals surface area contributed by atoms with E-state index < -0.39 is 0 Å². The number of ether oxygens (including phenoxy) is 1. The van der Waals surface area contributed by atoms with E-state index >= 15 is 0 Å². The van der Waals surface area contributed by atoms with Crippen LogP contribution in [0.3, 0.4) is 0 Å². The highest BCUT2D eigenvalue weighted by molar-refractivity contribution is 5.70. The van der Waals surface area contributed by atoms with E-state index in [-0.39, 0.29) is 17.1 Å². The lowest BCUT2D eigenvalue weighted by Gasteiger charge is -2.22. The van der Waals surface area contributed by atoms with Gasteiger partial charge in [0.1, 0.15) is 11.5 Å². The summed E-state index contributed by atoms with van der Waals surface area (Å²) in [6.45, 7) is 7.34. The zero-order valence-corrected chi connectivity index (χ0v) is 9.50. The Hall–Kier alpha value is -1.51. The zero-order chi connectivity index (χ0) is 11.6. The lowest BCUT2D eigenvalue weighted by atomic mass is 9.86. The molecule has 0 saturated heterocycles. The minimum atomic E-state index is -0.355. The molecule has 0 spiro atoms. The molecule has 0 radical (unpaired) electrons. The molecule has 0 aliphatic heterocycles. The summed E-state index contributed by atoms with van der Waals surface area (Å²) in [5.41, 5.74) is 0.640. The minimum absolute atomic E-state index is 0.177. The summed E-state index contributed by atoms with van der Waals surface area (Å²) in [7, 11) is 0. The Morgan fingerprint density at radius 1 is 1.33 bits per heavy atom. The van der Waals surface area contributed by atoms with Crippen molar-refractivity contribution in [2.75, 3.05) is 0 Å². The molecule has 1 aromatic carbocycles. The van der Waals surface area contributed by atoms with Gasteiger partial charge in [-0.2, -0.15) is 0 Å². The molecular formula is C12H16O3. The maximum absolute atomic E-state index is 10.9. The molecule has 15 heavy (non-hydrogen) atoms. The van der Waals surface area contributed by atoms with Crippen LogP contribution in [-0.4, -0.2) is 11.1 Å². The van der Waals surface area contributed by atoms with Gasteiger partial charge in [0.2, 0.25) is 0 Å². The highest BCUT2D eigenvalue weighted by Gasteiger charge is 2.20. The summed E-state index contributed by atoms with van der Waals surface area (Å²) in [4.78, 5) is 10.9. The number of carbonyl (C=O) groups is 1. The molecule has 0 aliphatic rings. The standard InChI is InChI=1S/C12H16O3/c1-8(13)15-11-6-5-9(14)7-10(11)12(2,3)4/h5-7,14H,1-4H3. The van der Waals surface area contributed by atoms with Crippen LogP contribution in [0.1, 0.15) is 33.3 Å². The van der Waals surface area contributed by atoms with Crippen molar-refractivity contribution in [3.63, 3.8) is 0 Å². The van der Waals surface area contributed by atoms with E-state index in [1.54, 1.807) is 12.1 Å². The van der Waals surface area contributed by atoms with E-state index in [9.17, 15) is 9.90 Å². The number of esters is 1. The van der Waals surface area contributed by atoms with Gasteiger partial charge in [-0.25, -0.2) is 0 Å². The van der Waals surface area contributed by atoms with Gasteiger partial charge in [-0.1, -0.05) is 20.8 Å². The number of phenols is 1. The van der Waals surface area contributed by atoms with E-state index in [1.807, 2.05) is 20.8 Å². The molecule has 3 heteroatoms. The minimum Gasteiger partial charge on any atom is -0.508 e. The predicted molar refractivity (Wildman–Crippen MR) is 58.1 cm³/mol. The largest absolute Gasteiger partial charge is 0.508 e. The summed E-state index contributed by atoms with van der Waals surface area (Å²) in [5, 5.41) is 9.39. The van der Waals surface area contributed by atoms with E-state index in [4.69, 9.17) is 4.74 Å². The van der Waals surface area contributed by atoms with Crippen LogP contribution < -0.4 is 4.74 Å². The normalized spacial score (nSPS) is 11.2. The van der Waals surface area contributed by atoms with Crippen LogP contribution in [0.5, 0.6) is 11.5 Å². The number of benzene rings is 1. The van der Waals surface area contributed by atoms with Crippen molar-refractivity contribution >= 4 is 5.97 Å². The monoisotopic (exact) mass is 208 g/mol. The highest BCUT2D eigenvalue weighted by Crippen LogP contribution is 2.33. The molecule has 0 fully saturated rings. The lowest BCUT2D eigenvalue weighted by Crippen LogP contribution is -2.14. The second-order valence-electron chi connectivity index (χ2n) is 4.52. The maximum Gasteiger partial charge on any atom is 0.308 e. The van der Waals surface area contributed by atoms with Gasteiger partial charge in [-0.3, -0.25) is 4.79 Å². The quantitative estimate of drug-likeness (QED) is 0.570. The maximum atomic E-state index is 10.9. The van der Waals surface area contributed by atoms with Gasteiger partial charge in [0.15, 0.2) is 0 Å². The molecule has 0 unspecified atom stereocenters. The van der Waals surface area contributed by atoms with Crippen LogP contribution in [0.25, 0.3) is 0 Å². The van der Waals surface area contributed by atoms with Gasteiger partial charge < -0.3 is 9.84 Å². The van der Waals surface area contributed by atoms with Crippen LogP contribution in [0.2, 0.25) is 0 Å². The van der Waals surface area contributed by atoms with Crippen molar-refractivity contribution in [3.8, 4) is 11.5 Å². The van der Waals surface area contributed by atoms with Gasteiger partial charge in [0.25, 0.3) is 0 Å². The Balaban J connectivity index is 3.20. The lowest BCUT2D eigenvalue weighted by molar-refractivity contribution is -0.131. The molecule has 1 aromatic rings. The fraction of sp³-hybridized carbons (Fsp3) is 0.417. The Morgan fingerprint density at radius 3 is 2.40 bits per heavy atom. The number of rotatable bonds is 1. The van der Waals surface area contributed by atoms with Crippen LogP contribution in [0, 0.1) is 0 Å². The first-order valence-corrected chi connectivity index (χ1v) is 4.82. The molecule has 0 aliphatic carbocycles. The Bertz CT molecular complexity index is 375. The fourth-order valence-corrected chi connectivity index (χ4v) is 1.35. The van der Waals surface area contributed by atoms with Crippen LogP contribution in [0.15, 0.2) is 18.2 Å². The summed E-state index contributed by atoms with van der Waals surface area (Å²) in [6, 6.07) is 4.74. The Labute approximate surface area is 89.7 Å². The van der Waals surface area contributed by atoms with Crippen molar-refractivity contribution in [3.05, 3.63) is 23.8 Å². The topological polar surface area (TPSA) is 46.5 Å². The molecule has 0 atom stereocenters. The van der Waals surface area contributed by atoms with Gasteiger partial charge >= 0.3 is 5.97 Å². The van der Waals surface area contributed by atoms with Crippen LogP contribution >= 0.6 is 0 Å². The number of phenolic OH excluding ortho intramolecular Hbond substituents is 1. The summed E-state index contributed by atoms with van der Waals surface area (Å²) >= 11 is 0. The smallest absolute Gasteiger partial charge is 0.308 e. The number of hydrogen-bond donors (Lipinski definition) is 1. The summed E-state index contributed by atoms with van der Waals surface area (Å²) in [6.07, 6.45) is 0. The fourth-order valence-electron chi connectivity index (χ4n) is 1.35. The first-order chi connectivity index (χ1) is 6.80. The van der Waals surface area contributed by atoms with Gasteiger partial charge in [-0.15, -0.1) is 0 Å². The molecule has 3 nitrogen and oxygen atoms in total. The molecule has 0 heterocycles. The highest BCUT2D eigenvalue weighted by atomic mass is 16.5. The Morgan fingerprint density at radius 2 is 1.93 bits per heavy atom. The average molecular weight is 208 g/mol. The van der Waals surface area contributed by atoms with Crippen molar-refractivity contribution in [2.45, 2.75) is 33.1 Å². The molecule has 1 rings (SSSR count). The van der Waals surface area contributed by atoms with Gasteiger partial charge in [0, 0.05) is 12.5 Å². The predicted octanol–water partition coefficient (Wildman–Crippen LogP) is 2.62. The van der Waals surface area contributed by atoms with E-state index in [2.05, 4.69) is 0 Å². The third-order valence-corrected chi connectivity index (χ3v) is 2.02. The molecule has 0 amide bonds. The molecular weight excluding hydrogens is 192 g/mol. The number of hydrogen-bond acceptors (Lipinski definition) is 3. The molecule has 0 saturated carbocycles. The van der Waals surface area contributed by atoms with E-state index in [0.29, 0.717) is 5.75 Å². The SMILES string of the molecule is CC(=O)Oc1ccc(O)cc1C(C)(C)C. The second-order valence-corrected chi connectivity index (χ2v) is 4.52. The van der Waals surface area contributed by atoms with Crippen LogP contribution in [-0.2, 0) is 10.2 Å². The van der Waals surface area contributed by atoms with Crippen molar-refractivity contribution in [1.29, 1.82) is 0 Å². The average Bonchev–Trinajstić information content (AvgIpc) is 2.05. The van der Waals surface area contributed by atoms with Crippen molar-refractivity contribution < 1.29 is 14.6 Å². The first kappa shape index (κ1) is 11.6. The summed E-state index contributed by atoms with van der Waals surface area (Å²) in [5.74, 6) is 0.329. The zero-order valence-electron chi connectivity index (χ0n) is 9.50. The second kappa shape index (κ2) is 3.93. The Kier molecular flexibility index (Phi) is 3.03. The van der Waals surface area contributed by atoms with Crippen molar-refractivity contribution in [1.82, 2.24) is 0 Å². The summed E-state index contributed by atoms with van der Waals surface area (Å²) < 4.78 is 5.08. The van der Waals surface area contributed by atoms with E-state index in [0.717, 1.165) is 5.56 Å². The molecule has 82 valence electrons. The number of carbonyl (C=O) groups excluding carboxylic acids is 1. The van der Waals surface area contributed by atoms with Gasteiger partial charge in [0.05, 0.1) is 0 Å².